The van der Waals surface area contributed by atoms with E-state index in [2.05, 4.69) is 15.0 Å². The third kappa shape index (κ3) is 5.90. The number of sulfonamides is 1. The number of unbranched alkanes of at least 4 members (excludes halogenated alkanes) is 1. The van der Waals surface area contributed by atoms with Crippen LogP contribution >= 0.6 is 0 Å². The van der Waals surface area contributed by atoms with Crippen LogP contribution in [0.15, 0.2) is 35.1 Å². The highest BCUT2D eigenvalue weighted by molar-refractivity contribution is 7.90. The predicted octanol–water partition coefficient (Wildman–Crippen LogP) is 3.48. The Morgan fingerprint density at radius 3 is 2.56 bits per heavy atom. The number of nitrogens with one attached hydrogen (secondary N) is 2. The van der Waals surface area contributed by atoms with E-state index in [0.717, 1.165) is 16.8 Å². The van der Waals surface area contributed by atoms with Crippen LogP contribution in [0.4, 0.5) is 5.69 Å². The van der Waals surface area contributed by atoms with Crippen LogP contribution in [-0.2, 0) is 14.8 Å². The molecule has 1 heterocycles. The lowest BCUT2D eigenvalue weighted by Gasteiger charge is -2.19. The molecule has 148 valence electrons. The highest BCUT2D eigenvalue weighted by Crippen LogP contribution is 2.23. The number of benzene rings is 1. The van der Waals surface area contributed by atoms with Crippen LogP contribution in [0.1, 0.15) is 45.6 Å². The molecule has 0 saturated carbocycles. The van der Waals surface area contributed by atoms with Crippen LogP contribution in [-0.4, -0.2) is 30.6 Å². The zero-order valence-electron chi connectivity index (χ0n) is 16.2. The number of aryl methyl sites for hydroxylation is 1. The first-order valence-corrected chi connectivity index (χ1v) is 10.4. The van der Waals surface area contributed by atoms with Crippen molar-refractivity contribution in [1.29, 1.82) is 0 Å². The van der Waals surface area contributed by atoms with Gasteiger partial charge in [0.25, 0.3) is 0 Å². The second kappa shape index (κ2) is 8.67. The molecule has 0 atom stereocenters. The number of rotatable bonds is 8. The van der Waals surface area contributed by atoms with E-state index < -0.39 is 14.8 Å². The number of nitrogens with zero attached hydrogens (tertiary/aromatic N) is 1. The van der Waals surface area contributed by atoms with Gasteiger partial charge in [0.2, 0.25) is 21.8 Å². The molecule has 2 N–H and O–H groups in total. The largest absolute Gasteiger partial charge is 0.445 e. The highest BCUT2D eigenvalue weighted by atomic mass is 32.2. The van der Waals surface area contributed by atoms with Gasteiger partial charge in [-0.2, -0.15) is 0 Å². The molecule has 8 heteroatoms. The minimum Gasteiger partial charge on any atom is -0.445 e. The lowest BCUT2D eigenvalue weighted by molar-refractivity contribution is -0.116. The van der Waals surface area contributed by atoms with Crippen molar-refractivity contribution in [2.24, 2.45) is 0 Å². The van der Waals surface area contributed by atoms with Gasteiger partial charge in [0, 0.05) is 24.2 Å². The molecular weight excluding hydrogens is 366 g/mol. The number of anilines is 1. The van der Waals surface area contributed by atoms with Gasteiger partial charge in [-0.3, -0.25) is 4.79 Å². The van der Waals surface area contributed by atoms with Crippen LogP contribution in [0.3, 0.4) is 0 Å². The lowest BCUT2D eigenvalue weighted by atomic mass is 10.1. The average Bonchev–Trinajstić information content (AvgIpc) is 3.09. The van der Waals surface area contributed by atoms with Crippen LogP contribution in [0.5, 0.6) is 0 Å². The quantitative estimate of drug-likeness (QED) is 0.669. The zero-order valence-corrected chi connectivity index (χ0v) is 17.0. The van der Waals surface area contributed by atoms with E-state index in [4.69, 9.17) is 4.42 Å². The molecule has 1 amide bonds. The summed E-state index contributed by atoms with van der Waals surface area (Å²) in [5, 5.41) is 2.89. The maximum atomic E-state index is 12.1. The van der Waals surface area contributed by atoms with E-state index in [1.165, 1.54) is 6.26 Å². The summed E-state index contributed by atoms with van der Waals surface area (Å²) in [4.78, 5) is 16.2. The fourth-order valence-corrected chi connectivity index (χ4v) is 3.20. The first kappa shape index (κ1) is 21.1. The van der Waals surface area contributed by atoms with Crippen molar-refractivity contribution >= 4 is 21.6 Å². The molecule has 0 radical (unpaired) electrons. The summed E-state index contributed by atoms with van der Waals surface area (Å²) in [6, 6.07) is 5.57. The van der Waals surface area contributed by atoms with Crippen molar-refractivity contribution in [3.05, 3.63) is 36.2 Å². The van der Waals surface area contributed by atoms with Crippen LogP contribution in [0.25, 0.3) is 11.5 Å². The van der Waals surface area contributed by atoms with E-state index in [1.54, 1.807) is 27.0 Å². The zero-order chi connectivity index (χ0) is 20.1. The van der Waals surface area contributed by atoms with Gasteiger partial charge in [0.05, 0.1) is 10.9 Å². The average molecular weight is 394 g/mol. The van der Waals surface area contributed by atoms with Crippen molar-refractivity contribution in [2.75, 3.05) is 11.9 Å². The molecule has 0 aliphatic heterocycles. The Kier molecular flexibility index (Phi) is 6.78. The molecule has 1 aromatic heterocycles. The topological polar surface area (TPSA) is 101 Å². The third-order valence-electron chi connectivity index (χ3n) is 4.11. The Labute approximate surface area is 160 Å². The van der Waals surface area contributed by atoms with Crippen LogP contribution in [0, 0.1) is 6.92 Å². The van der Waals surface area contributed by atoms with E-state index >= 15 is 0 Å². The molecule has 0 unspecified atom stereocenters. The number of aromatic nitrogens is 1. The maximum Gasteiger partial charge on any atom is 0.225 e. The molecule has 2 rings (SSSR count). The van der Waals surface area contributed by atoms with Crippen molar-refractivity contribution < 1.29 is 17.6 Å². The fraction of sp³-hybridized carbons (Fsp3) is 0.474. The van der Waals surface area contributed by atoms with E-state index in [0.29, 0.717) is 31.7 Å². The van der Waals surface area contributed by atoms with Crippen molar-refractivity contribution in [3.63, 3.8) is 0 Å². The van der Waals surface area contributed by atoms with Crippen LogP contribution < -0.4 is 10.0 Å². The molecule has 0 saturated heterocycles. The summed E-state index contributed by atoms with van der Waals surface area (Å²) in [6.07, 6.45) is 4.64. The number of carbonyl (C=O) groups excluding carboxylic acids is 1. The second-order valence-electron chi connectivity index (χ2n) is 7.38. The van der Waals surface area contributed by atoms with E-state index in [1.807, 2.05) is 25.1 Å². The molecule has 0 fully saturated rings. The molecule has 2 aromatic rings. The third-order valence-corrected chi connectivity index (χ3v) is 6.31. The first-order valence-electron chi connectivity index (χ1n) is 8.90. The van der Waals surface area contributed by atoms with Gasteiger partial charge in [-0.1, -0.05) is 0 Å². The molecule has 0 aliphatic rings. The minimum atomic E-state index is -3.34. The number of carbonyl (C=O) groups is 1. The Bertz CT molecular complexity index is 869. The molecule has 0 spiro atoms. The van der Waals surface area contributed by atoms with Gasteiger partial charge in [-0.25, -0.2) is 18.1 Å². The highest BCUT2D eigenvalue weighted by Gasteiger charge is 2.27. The van der Waals surface area contributed by atoms with E-state index in [9.17, 15) is 13.2 Å². The first-order chi connectivity index (χ1) is 12.6. The molecule has 7 nitrogen and oxygen atoms in total. The summed E-state index contributed by atoms with van der Waals surface area (Å²) in [6.45, 7) is 7.19. The monoisotopic (exact) mass is 393 g/mol. The predicted molar refractivity (Wildman–Crippen MR) is 106 cm³/mol. The van der Waals surface area contributed by atoms with E-state index in [-0.39, 0.29) is 5.91 Å². The SMILES string of the molecule is Cc1cc(-c2ncco2)ccc1NC(=O)CCCCNS(=O)(=O)C(C)(C)C. The van der Waals surface area contributed by atoms with Gasteiger partial charge in [-0.15, -0.1) is 0 Å². The normalized spacial score (nSPS) is 12.1. The van der Waals surface area contributed by atoms with Crippen LogP contribution in [0.2, 0.25) is 0 Å². The molecule has 0 bridgehead atoms. The Morgan fingerprint density at radius 2 is 1.96 bits per heavy atom. The summed E-state index contributed by atoms with van der Waals surface area (Å²) in [5.74, 6) is 0.439. The summed E-state index contributed by atoms with van der Waals surface area (Å²) < 4.78 is 30.9. The van der Waals surface area contributed by atoms with Crippen molar-refractivity contribution in [1.82, 2.24) is 9.71 Å². The van der Waals surface area contributed by atoms with Gasteiger partial charge in [0.15, 0.2) is 0 Å². The van der Waals surface area contributed by atoms with Gasteiger partial charge in [-0.05, 0) is 64.3 Å². The molecule has 1 aromatic carbocycles. The van der Waals surface area contributed by atoms with Gasteiger partial charge >= 0.3 is 0 Å². The standard InChI is InChI=1S/C19H27N3O4S/c1-14-13-15(18-20-11-12-26-18)8-9-16(14)22-17(23)7-5-6-10-21-27(24,25)19(2,3)4/h8-9,11-13,21H,5-7,10H2,1-4H3,(H,22,23). The minimum absolute atomic E-state index is 0.0966. The summed E-state index contributed by atoms with van der Waals surface area (Å²) in [7, 11) is -3.34. The fourth-order valence-electron chi connectivity index (χ4n) is 2.35. The Hall–Kier alpha value is -2.19. The molecule has 27 heavy (non-hydrogen) atoms. The lowest BCUT2D eigenvalue weighted by Crippen LogP contribution is -2.39. The second-order valence-corrected chi connectivity index (χ2v) is 9.90. The molecule has 0 aliphatic carbocycles. The number of hydrogen-bond donors (Lipinski definition) is 2. The summed E-state index contributed by atoms with van der Waals surface area (Å²) in [5.41, 5.74) is 2.50. The maximum absolute atomic E-state index is 12.1. The summed E-state index contributed by atoms with van der Waals surface area (Å²) >= 11 is 0. The Morgan fingerprint density at radius 1 is 1.22 bits per heavy atom. The Balaban J connectivity index is 1.78. The molecular formula is C19H27N3O4S. The van der Waals surface area contributed by atoms with Crippen molar-refractivity contribution in [2.45, 2.75) is 51.7 Å². The smallest absolute Gasteiger partial charge is 0.225 e. The number of amides is 1. The number of hydrogen-bond acceptors (Lipinski definition) is 5. The van der Waals surface area contributed by atoms with Gasteiger partial charge < -0.3 is 9.73 Å². The van der Waals surface area contributed by atoms with Gasteiger partial charge in [0.1, 0.15) is 6.26 Å². The van der Waals surface area contributed by atoms with Crippen molar-refractivity contribution in [3.8, 4) is 11.5 Å². The number of oxazole rings is 1.